The van der Waals surface area contributed by atoms with Gasteiger partial charge in [0.25, 0.3) is 0 Å². The average molecular weight is 336 g/mol. The number of esters is 1. The van der Waals surface area contributed by atoms with Gasteiger partial charge in [0, 0.05) is 17.7 Å². The Morgan fingerprint density at radius 2 is 1.64 bits per heavy atom. The van der Waals surface area contributed by atoms with Gasteiger partial charge >= 0.3 is 5.97 Å². The molecule has 128 valence electrons. The van der Waals surface area contributed by atoms with Gasteiger partial charge in [-0.15, -0.1) is 0 Å². The molecule has 2 aromatic carbocycles. The van der Waals surface area contributed by atoms with Crippen LogP contribution in [0.25, 0.3) is 0 Å². The molecule has 2 unspecified atom stereocenters. The molecule has 0 bridgehead atoms. The number of carbonyl (C=O) groups excluding carboxylic acids is 2. The molecule has 0 aromatic heterocycles. The fourth-order valence-electron chi connectivity index (χ4n) is 3.05. The molecule has 0 aliphatic heterocycles. The molecular weight excluding hydrogens is 316 g/mol. The van der Waals surface area contributed by atoms with Crippen LogP contribution in [0.3, 0.4) is 0 Å². The molecule has 0 saturated carbocycles. The van der Waals surface area contributed by atoms with Crippen LogP contribution < -0.4 is 10.9 Å². The molecule has 1 aliphatic rings. The topological polar surface area (TPSA) is 67.4 Å². The SMILES string of the molecule is COC(=O)C1C(=O)C=C(NNc2ccccc2)CC1c1ccccc1. The average Bonchev–Trinajstić information content (AvgIpc) is 2.67. The number of nitrogens with one attached hydrogen (secondary N) is 2. The molecule has 1 aliphatic carbocycles. The molecule has 2 atom stereocenters. The largest absolute Gasteiger partial charge is 0.468 e. The normalized spacial score (nSPS) is 19.7. The van der Waals surface area contributed by atoms with Gasteiger partial charge in [-0.1, -0.05) is 48.5 Å². The molecular formula is C20H20N2O3. The number of methoxy groups -OCH3 is 1. The molecule has 2 aromatic rings. The maximum atomic E-state index is 12.6. The van der Waals surface area contributed by atoms with Crippen LogP contribution in [0, 0.1) is 5.92 Å². The molecule has 0 amide bonds. The van der Waals surface area contributed by atoms with E-state index in [1.54, 1.807) is 0 Å². The standard InChI is InChI=1S/C20H20N2O3/c1-25-20(24)19-17(14-8-4-2-5-9-14)12-16(13-18(19)23)22-21-15-10-6-3-7-11-15/h2-11,13,17,19,21-22H,12H2,1H3. The Kier molecular flexibility index (Phi) is 5.14. The van der Waals surface area contributed by atoms with Crippen LogP contribution in [0.2, 0.25) is 0 Å². The van der Waals surface area contributed by atoms with Gasteiger partial charge in [-0.2, -0.15) is 0 Å². The smallest absolute Gasteiger partial charge is 0.317 e. The third-order valence-electron chi connectivity index (χ3n) is 4.29. The van der Waals surface area contributed by atoms with Crippen molar-refractivity contribution in [2.24, 2.45) is 5.92 Å². The number of ether oxygens (including phenoxy) is 1. The van der Waals surface area contributed by atoms with Gasteiger partial charge in [0.05, 0.1) is 12.8 Å². The van der Waals surface area contributed by atoms with Gasteiger partial charge < -0.3 is 15.6 Å². The summed E-state index contributed by atoms with van der Waals surface area (Å²) in [4.78, 5) is 24.7. The van der Waals surface area contributed by atoms with Crippen molar-refractivity contribution in [1.82, 2.24) is 5.43 Å². The lowest BCUT2D eigenvalue weighted by atomic mass is 9.76. The Bertz CT molecular complexity index is 772. The first-order valence-corrected chi connectivity index (χ1v) is 8.13. The molecule has 0 spiro atoms. The van der Waals surface area contributed by atoms with E-state index in [0.717, 1.165) is 16.9 Å². The minimum absolute atomic E-state index is 0.246. The van der Waals surface area contributed by atoms with Crippen molar-refractivity contribution >= 4 is 17.4 Å². The van der Waals surface area contributed by atoms with E-state index in [1.165, 1.54) is 13.2 Å². The lowest BCUT2D eigenvalue weighted by Crippen LogP contribution is -2.36. The summed E-state index contributed by atoms with van der Waals surface area (Å²) in [6, 6.07) is 19.2. The Morgan fingerprint density at radius 1 is 1.00 bits per heavy atom. The van der Waals surface area contributed by atoms with Crippen LogP contribution in [0.15, 0.2) is 72.4 Å². The lowest BCUT2D eigenvalue weighted by molar-refractivity contribution is -0.149. The van der Waals surface area contributed by atoms with Gasteiger partial charge in [-0.25, -0.2) is 0 Å². The lowest BCUT2D eigenvalue weighted by Gasteiger charge is -2.29. The van der Waals surface area contributed by atoms with Crippen molar-refractivity contribution in [2.75, 3.05) is 12.5 Å². The Balaban J connectivity index is 1.82. The van der Waals surface area contributed by atoms with Crippen molar-refractivity contribution in [1.29, 1.82) is 0 Å². The third-order valence-corrected chi connectivity index (χ3v) is 4.29. The maximum absolute atomic E-state index is 12.6. The highest BCUT2D eigenvalue weighted by atomic mass is 16.5. The van der Waals surface area contributed by atoms with Crippen molar-refractivity contribution < 1.29 is 14.3 Å². The maximum Gasteiger partial charge on any atom is 0.317 e. The number of rotatable bonds is 5. The number of allylic oxidation sites excluding steroid dienone is 2. The first-order valence-electron chi connectivity index (χ1n) is 8.13. The Morgan fingerprint density at radius 3 is 2.28 bits per heavy atom. The van der Waals surface area contributed by atoms with Crippen LogP contribution in [0.5, 0.6) is 0 Å². The summed E-state index contributed by atoms with van der Waals surface area (Å²) in [5.74, 6) is -1.81. The van der Waals surface area contributed by atoms with Gasteiger partial charge in [0.15, 0.2) is 5.78 Å². The number of para-hydroxylation sites is 1. The minimum Gasteiger partial charge on any atom is -0.468 e. The second kappa shape index (κ2) is 7.66. The first-order chi connectivity index (χ1) is 12.2. The fourth-order valence-corrected chi connectivity index (χ4v) is 3.05. The van der Waals surface area contributed by atoms with E-state index >= 15 is 0 Å². The molecule has 5 heteroatoms. The monoisotopic (exact) mass is 336 g/mol. The molecule has 0 fully saturated rings. The number of hydrogen-bond acceptors (Lipinski definition) is 5. The number of benzene rings is 2. The van der Waals surface area contributed by atoms with Crippen LogP contribution >= 0.6 is 0 Å². The van der Waals surface area contributed by atoms with Gasteiger partial charge in [-0.3, -0.25) is 9.59 Å². The van der Waals surface area contributed by atoms with E-state index in [-0.39, 0.29) is 11.7 Å². The Hall–Kier alpha value is -3.08. The highest BCUT2D eigenvalue weighted by molar-refractivity contribution is 6.07. The van der Waals surface area contributed by atoms with E-state index in [9.17, 15) is 9.59 Å². The summed E-state index contributed by atoms with van der Waals surface area (Å²) in [6.07, 6.45) is 2.02. The zero-order valence-electron chi connectivity index (χ0n) is 13.9. The molecule has 25 heavy (non-hydrogen) atoms. The summed E-state index contributed by atoms with van der Waals surface area (Å²) in [7, 11) is 1.31. The fraction of sp³-hybridized carbons (Fsp3) is 0.200. The van der Waals surface area contributed by atoms with Crippen molar-refractivity contribution in [3.63, 3.8) is 0 Å². The number of hydrazine groups is 1. The van der Waals surface area contributed by atoms with Crippen molar-refractivity contribution in [2.45, 2.75) is 12.3 Å². The van der Waals surface area contributed by atoms with Crippen LogP contribution in [-0.2, 0) is 14.3 Å². The highest BCUT2D eigenvalue weighted by Gasteiger charge is 2.39. The second-order valence-electron chi connectivity index (χ2n) is 5.91. The van der Waals surface area contributed by atoms with Crippen molar-refractivity contribution in [3.8, 4) is 0 Å². The minimum atomic E-state index is -0.810. The summed E-state index contributed by atoms with van der Waals surface area (Å²) < 4.78 is 4.85. The summed E-state index contributed by atoms with van der Waals surface area (Å²) in [5.41, 5.74) is 8.73. The second-order valence-corrected chi connectivity index (χ2v) is 5.91. The number of hydrogen-bond donors (Lipinski definition) is 2. The number of anilines is 1. The number of carbonyl (C=O) groups is 2. The number of ketones is 1. The molecule has 5 nitrogen and oxygen atoms in total. The zero-order valence-corrected chi connectivity index (χ0v) is 13.9. The van der Waals surface area contributed by atoms with Crippen LogP contribution in [0.4, 0.5) is 5.69 Å². The molecule has 2 N–H and O–H groups in total. The third kappa shape index (κ3) is 3.88. The van der Waals surface area contributed by atoms with E-state index in [0.29, 0.717) is 6.42 Å². The highest BCUT2D eigenvalue weighted by Crippen LogP contribution is 2.35. The van der Waals surface area contributed by atoms with E-state index in [2.05, 4.69) is 10.9 Å². The summed E-state index contributed by atoms with van der Waals surface area (Å²) in [6.45, 7) is 0. The van der Waals surface area contributed by atoms with Gasteiger partial charge in [0.1, 0.15) is 5.92 Å². The quantitative estimate of drug-likeness (QED) is 0.499. The summed E-state index contributed by atoms with van der Waals surface area (Å²) in [5, 5.41) is 0. The molecule has 0 radical (unpaired) electrons. The van der Waals surface area contributed by atoms with E-state index < -0.39 is 11.9 Å². The molecule has 0 heterocycles. The predicted octanol–water partition coefficient (Wildman–Crippen LogP) is 3.03. The van der Waals surface area contributed by atoms with Crippen LogP contribution in [0.1, 0.15) is 17.9 Å². The predicted molar refractivity (Wildman–Crippen MR) is 95.6 cm³/mol. The Labute approximate surface area is 146 Å². The van der Waals surface area contributed by atoms with Gasteiger partial charge in [0.2, 0.25) is 0 Å². The van der Waals surface area contributed by atoms with Crippen molar-refractivity contribution in [3.05, 3.63) is 78.0 Å². The van der Waals surface area contributed by atoms with E-state index in [1.807, 2.05) is 60.7 Å². The first kappa shape index (κ1) is 16.8. The summed E-state index contributed by atoms with van der Waals surface area (Å²) >= 11 is 0. The molecule has 0 saturated heterocycles. The van der Waals surface area contributed by atoms with Gasteiger partial charge in [-0.05, 0) is 24.1 Å². The van der Waals surface area contributed by atoms with Crippen LogP contribution in [-0.4, -0.2) is 18.9 Å². The molecule has 3 rings (SSSR count). The van der Waals surface area contributed by atoms with E-state index in [4.69, 9.17) is 4.74 Å². The zero-order chi connectivity index (χ0) is 17.6.